The van der Waals surface area contributed by atoms with Crippen molar-refractivity contribution in [3.8, 4) is 0 Å². The van der Waals surface area contributed by atoms with Crippen LogP contribution in [0.2, 0.25) is 0 Å². The average molecular weight is 369 g/mol. The van der Waals surface area contributed by atoms with E-state index in [2.05, 4.69) is 6.07 Å². The molecule has 1 saturated heterocycles. The smallest absolute Gasteiger partial charge is 0.411 e. The van der Waals surface area contributed by atoms with Crippen molar-refractivity contribution in [3.05, 3.63) is 65.5 Å². The number of cyclic esters (lactones) is 1. The minimum Gasteiger partial charge on any atom is -0.438 e. The van der Waals surface area contributed by atoms with E-state index in [1.165, 1.54) is 12.1 Å². The molecular formula is C21H25BFNO3. The molecule has 1 aliphatic rings. The van der Waals surface area contributed by atoms with Gasteiger partial charge in [0.25, 0.3) is 0 Å². The summed E-state index contributed by atoms with van der Waals surface area (Å²) in [5, 5.41) is 9.27. The summed E-state index contributed by atoms with van der Waals surface area (Å²) in [6.07, 6.45) is 1.24. The van der Waals surface area contributed by atoms with E-state index in [1.54, 1.807) is 17.0 Å². The Kier molecular flexibility index (Phi) is 5.85. The van der Waals surface area contributed by atoms with Gasteiger partial charge in [0.2, 0.25) is 0 Å². The molecule has 0 radical (unpaired) electrons. The highest BCUT2D eigenvalue weighted by Crippen LogP contribution is 2.40. The van der Waals surface area contributed by atoms with E-state index in [0.717, 1.165) is 16.6 Å². The highest BCUT2D eigenvalue weighted by molar-refractivity contribution is 6.32. The van der Waals surface area contributed by atoms with Crippen LogP contribution in [0.3, 0.4) is 0 Å². The van der Waals surface area contributed by atoms with Gasteiger partial charge in [-0.05, 0) is 43.0 Å². The number of amides is 1. The molecule has 0 aliphatic carbocycles. The Hall–Kier alpha value is -2.34. The van der Waals surface area contributed by atoms with Gasteiger partial charge in [-0.25, -0.2) is 9.18 Å². The van der Waals surface area contributed by atoms with Gasteiger partial charge in [-0.2, -0.15) is 0 Å². The molecule has 1 aliphatic heterocycles. The second kappa shape index (κ2) is 8.13. The molecule has 142 valence electrons. The Balaban J connectivity index is 1.83. The van der Waals surface area contributed by atoms with E-state index in [9.17, 15) is 14.3 Å². The molecule has 1 N–H and O–H groups in total. The van der Waals surface area contributed by atoms with Crippen LogP contribution < -0.4 is 5.46 Å². The van der Waals surface area contributed by atoms with Gasteiger partial charge in [-0.1, -0.05) is 41.9 Å². The van der Waals surface area contributed by atoms with E-state index in [0.29, 0.717) is 25.8 Å². The third-order valence-corrected chi connectivity index (χ3v) is 5.37. The minimum atomic E-state index is -0.823. The zero-order chi connectivity index (χ0) is 19.4. The van der Waals surface area contributed by atoms with Gasteiger partial charge < -0.3 is 14.7 Å². The van der Waals surface area contributed by atoms with E-state index >= 15 is 0 Å². The lowest BCUT2D eigenvalue weighted by atomic mass is 9.84. The maximum Gasteiger partial charge on any atom is 0.411 e. The molecule has 6 heteroatoms. The summed E-state index contributed by atoms with van der Waals surface area (Å²) in [6, 6.07) is 14.1. The number of hydrogen-bond donors (Lipinski definition) is 1. The Bertz CT molecular complexity index is 798. The first kappa shape index (κ1) is 19.4. The first-order valence-corrected chi connectivity index (χ1v) is 9.38. The van der Waals surface area contributed by atoms with Crippen molar-refractivity contribution in [1.82, 2.24) is 4.90 Å². The van der Waals surface area contributed by atoms with Gasteiger partial charge in [0.15, 0.2) is 0 Å². The molecular weight excluding hydrogens is 344 g/mol. The van der Waals surface area contributed by atoms with Gasteiger partial charge in [0, 0.05) is 19.6 Å². The summed E-state index contributed by atoms with van der Waals surface area (Å²) in [7, 11) is 2.03. The number of nitrogens with zero attached hydrogens (tertiary/aromatic N) is 1. The molecule has 4 nitrogen and oxygen atoms in total. The average Bonchev–Trinajstić information content (AvgIpc) is 2.66. The Morgan fingerprint density at radius 1 is 1.30 bits per heavy atom. The molecule has 1 amide bonds. The highest BCUT2D eigenvalue weighted by Gasteiger charge is 2.43. The molecule has 0 saturated carbocycles. The lowest BCUT2D eigenvalue weighted by molar-refractivity contribution is -0.0680. The Morgan fingerprint density at radius 2 is 2.04 bits per heavy atom. The zero-order valence-corrected chi connectivity index (χ0v) is 15.8. The van der Waals surface area contributed by atoms with E-state index in [-0.39, 0.29) is 24.6 Å². The lowest BCUT2D eigenvalue weighted by Gasteiger charge is -2.43. The zero-order valence-electron chi connectivity index (χ0n) is 15.8. The maximum absolute atomic E-state index is 13.3. The van der Waals surface area contributed by atoms with Crippen molar-refractivity contribution in [3.63, 3.8) is 0 Å². The maximum atomic E-state index is 13.3. The molecule has 0 spiro atoms. The molecule has 2 aromatic carbocycles. The number of rotatable bonds is 6. The van der Waals surface area contributed by atoms with Gasteiger partial charge in [-0.15, -0.1) is 0 Å². The SMILES string of the molecule is Bc1cccc([C@H](C)N2CC[C@](CCCO)(c3ccc(F)cc3)OC2=O)c1. The summed E-state index contributed by atoms with van der Waals surface area (Å²) in [6.45, 7) is 2.55. The van der Waals surface area contributed by atoms with Crippen molar-refractivity contribution < 1.29 is 19.0 Å². The fourth-order valence-corrected chi connectivity index (χ4v) is 3.77. The van der Waals surface area contributed by atoms with Crippen LogP contribution >= 0.6 is 0 Å². The van der Waals surface area contributed by atoms with Gasteiger partial charge in [0.05, 0.1) is 6.04 Å². The Labute approximate surface area is 160 Å². The number of hydrogen-bond acceptors (Lipinski definition) is 3. The van der Waals surface area contributed by atoms with Crippen molar-refractivity contribution in [2.24, 2.45) is 0 Å². The van der Waals surface area contributed by atoms with Crippen LogP contribution in [-0.2, 0) is 10.3 Å². The quantitative estimate of drug-likeness (QED) is 0.797. The number of aliphatic hydroxyl groups excluding tert-OH is 1. The molecule has 3 rings (SSSR count). The number of carbonyl (C=O) groups is 1. The second-order valence-electron chi connectivity index (χ2n) is 7.23. The molecule has 1 heterocycles. The summed E-state index contributed by atoms with van der Waals surface area (Å²) in [5.41, 5.74) is 2.16. The van der Waals surface area contributed by atoms with Crippen molar-refractivity contribution in [1.29, 1.82) is 0 Å². The van der Waals surface area contributed by atoms with E-state index in [1.807, 2.05) is 33.0 Å². The van der Waals surface area contributed by atoms with Crippen LogP contribution in [0, 0.1) is 5.82 Å². The van der Waals surface area contributed by atoms with E-state index in [4.69, 9.17) is 4.74 Å². The van der Waals surface area contributed by atoms with E-state index < -0.39 is 5.60 Å². The van der Waals surface area contributed by atoms with Crippen LogP contribution in [0.15, 0.2) is 48.5 Å². The topological polar surface area (TPSA) is 49.8 Å². The fraction of sp³-hybridized carbons (Fsp3) is 0.381. The minimum absolute atomic E-state index is 0.0178. The second-order valence-corrected chi connectivity index (χ2v) is 7.23. The number of benzene rings is 2. The molecule has 27 heavy (non-hydrogen) atoms. The van der Waals surface area contributed by atoms with Crippen molar-refractivity contribution >= 4 is 19.4 Å². The first-order valence-electron chi connectivity index (χ1n) is 9.38. The highest BCUT2D eigenvalue weighted by atomic mass is 19.1. The molecule has 0 aromatic heterocycles. The van der Waals surface area contributed by atoms with Crippen LogP contribution in [-0.4, -0.2) is 37.1 Å². The summed E-state index contributed by atoms with van der Waals surface area (Å²) in [5.74, 6) is -0.326. The first-order chi connectivity index (χ1) is 12.9. The molecule has 2 atom stereocenters. The molecule has 1 fully saturated rings. The predicted molar refractivity (Wildman–Crippen MR) is 105 cm³/mol. The summed E-state index contributed by atoms with van der Waals surface area (Å²) >= 11 is 0. The predicted octanol–water partition coefficient (Wildman–Crippen LogP) is 2.66. The third kappa shape index (κ3) is 4.16. The van der Waals surface area contributed by atoms with Gasteiger partial charge in [-0.3, -0.25) is 0 Å². The number of halogens is 1. The fourth-order valence-electron chi connectivity index (χ4n) is 3.77. The normalized spacial score (nSPS) is 21.0. The number of carbonyl (C=O) groups excluding carboxylic acids is 1. The van der Waals surface area contributed by atoms with Gasteiger partial charge >= 0.3 is 6.09 Å². The van der Waals surface area contributed by atoms with Crippen LogP contribution in [0.5, 0.6) is 0 Å². The molecule has 2 aromatic rings. The number of aliphatic hydroxyl groups is 1. The van der Waals surface area contributed by atoms with Crippen LogP contribution in [0.4, 0.5) is 9.18 Å². The largest absolute Gasteiger partial charge is 0.438 e. The van der Waals surface area contributed by atoms with Crippen LogP contribution in [0.1, 0.15) is 43.4 Å². The van der Waals surface area contributed by atoms with Crippen LogP contribution in [0.25, 0.3) is 0 Å². The third-order valence-electron chi connectivity index (χ3n) is 5.37. The number of ether oxygens (including phenoxy) is 1. The Morgan fingerprint density at radius 3 is 2.67 bits per heavy atom. The van der Waals surface area contributed by atoms with Crippen molar-refractivity contribution in [2.75, 3.05) is 13.2 Å². The van der Waals surface area contributed by atoms with Gasteiger partial charge in [0.1, 0.15) is 19.3 Å². The summed E-state index contributed by atoms with van der Waals surface area (Å²) in [4.78, 5) is 14.6. The lowest BCUT2D eigenvalue weighted by Crippen LogP contribution is -2.48. The summed E-state index contributed by atoms with van der Waals surface area (Å²) < 4.78 is 19.3. The standard InChI is InChI=1S/C21H25BFNO3/c1-15(16-4-2-5-18(22)14-16)24-12-11-21(10-3-13-25,27-20(24)26)17-6-8-19(23)9-7-17/h2,4-9,14-15,25H,3,10-13,22H2,1H3/t15-,21+/m0/s1. The molecule has 0 bridgehead atoms. The van der Waals surface area contributed by atoms with Crippen molar-refractivity contribution in [2.45, 2.75) is 37.8 Å². The monoisotopic (exact) mass is 369 g/mol. The molecule has 0 unspecified atom stereocenters.